The molecular formula is C26H27CoN4O2. The molecule has 8 bridgehead atoms. The van der Waals surface area contributed by atoms with E-state index in [0.29, 0.717) is 18.6 Å². The molecule has 0 saturated carbocycles. The van der Waals surface area contributed by atoms with Crippen molar-refractivity contribution in [2.45, 2.75) is 25.5 Å². The number of aromatic amines is 2. The van der Waals surface area contributed by atoms with E-state index in [1.807, 2.05) is 62.4 Å². The normalized spacial score (nSPS) is 12.2. The summed E-state index contributed by atoms with van der Waals surface area (Å²) >= 11 is 4.08. The Balaban J connectivity index is 0.000000248. The minimum absolute atomic E-state index is 0.125. The van der Waals surface area contributed by atoms with E-state index in [0.717, 1.165) is 44.8 Å². The first-order valence-electron chi connectivity index (χ1n) is 11.0. The first kappa shape index (κ1) is 23.2. The molecule has 0 spiro atoms. The number of nitrogens with one attached hydrogen (secondary N) is 2. The van der Waals surface area contributed by atoms with Crippen LogP contribution >= 0.6 is 0 Å². The third-order valence-electron chi connectivity index (χ3n) is 4.86. The first-order chi connectivity index (χ1) is 16.1. The molecule has 0 aromatic carbocycles. The fraction of sp³-hybridized carbons (Fsp3) is 0.231. The Kier molecular flexibility index (Phi) is 7.90. The Morgan fingerprint density at radius 2 is 1.00 bits per heavy atom. The molecule has 172 valence electrons. The Morgan fingerprint density at radius 3 is 1.27 bits per heavy atom. The minimum atomic E-state index is -0.125. The van der Waals surface area contributed by atoms with Crippen LogP contribution in [-0.2, 0) is 25.2 Å². The Hall–Kier alpha value is -2.97. The van der Waals surface area contributed by atoms with Crippen LogP contribution in [0, 0.1) is 0 Å². The van der Waals surface area contributed by atoms with Gasteiger partial charge in [-0.3, -0.25) is 0 Å². The van der Waals surface area contributed by atoms with Crippen molar-refractivity contribution in [2.24, 2.45) is 0 Å². The molecule has 5 rings (SSSR count). The van der Waals surface area contributed by atoms with Crippen molar-refractivity contribution in [3.63, 3.8) is 0 Å². The van der Waals surface area contributed by atoms with Crippen LogP contribution in [0.5, 0.6) is 0 Å². The Labute approximate surface area is 201 Å². The molecule has 0 amide bonds. The zero-order valence-corrected chi connectivity index (χ0v) is 19.7. The average Bonchev–Trinajstić information content (AvgIpc) is 3.60. The number of hydrogen-bond donors (Lipinski definition) is 2. The summed E-state index contributed by atoms with van der Waals surface area (Å²) in [6, 6.07) is 16.4. The summed E-state index contributed by atoms with van der Waals surface area (Å²) in [5, 5.41) is 0.620. The van der Waals surface area contributed by atoms with Crippen molar-refractivity contribution in [1.82, 2.24) is 19.9 Å². The van der Waals surface area contributed by atoms with Crippen LogP contribution in [0.25, 0.3) is 46.4 Å². The van der Waals surface area contributed by atoms with E-state index < -0.39 is 0 Å². The molecular weight excluding hydrogens is 459 g/mol. The van der Waals surface area contributed by atoms with E-state index in [4.69, 9.17) is 9.47 Å². The van der Waals surface area contributed by atoms with Gasteiger partial charge in [0, 0.05) is 22.1 Å². The summed E-state index contributed by atoms with van der Waals surface area (Å²) in [6.45, 7) is 5.25. The predicted octanol–water partition coefficient (Wildman–Crippen LogP) is 6.01. The first-order valence-corrected chi connectivity index (χ1v) is 11.7. The van der Waals surface area contributed by atoms with Crippen LogP contribution in [-0.4, -0.2) is 39.4 Å². The number of fused-ring (bicyclic) bond motifs is 8. The number of aromatic nitrogens is 4. The molecule has 5 heterocycles. The van der Waals surface area contributed by atoms with Gasteiger partial charge in [0.25, 0.3) is 0 Å². The summed E-state index contributed by atoms with van der Waals surface area (Å²) in [6.07, 6.45) is 7.97. The third-order valence-corrected chi connectivity index (χ3v) is 5.21. The molecule has 0 radical (unpaired) electrons. The van der Waals surface area contributed by atoms with E-state index in [9.17, 15) is 0 Å². The van der Waals surface area contributed by atoms with Crippen LogP contribution < -0.4 is 0 Å². The van der Waals surface area contributed by atoms with E-state index in [1.165, 1.54) is 0 Å². The van der Waals surface area contributed by atoms with Crippen LogP contribution in [0.15, 0.2) is 48.5 Å². The van der Waals surface area contributed by atoms with Gasteiger partial charge in [0.15, 0.2) is 0 Å². The topological polar surface area (TPSA) is 75.8 Å². The molecule has 6 nitrogen and oxygen atoms in total. The van der Waals surface area contributed by atoms with Crippen molar-refractivity contribution >= 4 is 46.4 Å². The molecule has 2 N–H and O–H groups in total. The van der Waals surface area contributed by atoms with Gasteiger partial charge in [0.2, 0.25) is 0 Å². The van der Waals surface area contributed by atoms with E-state index in [-0.39, 0.29) is 6.29 Å². The maximum absolute atomic E-state index is 5.13. The number of hydrogen-bond acceptors (Lipinski definition) is 4. The molecule has 2 aliphatic heterocycles. The Morgan fingerprint density at radius 1 is 0.667 bits per heavy atom. The summed E-state index contributed by atoms with van der Waals surface area (Å²) in [5.74, 6) is 0. The summed E-state index contributed by atoms with van der Waals surface area (Å²) < 4.78 is 10.3. The quantitative estimate of drug-likeness (QED) is 0.299. The number of ether oxygens (including phenoxy) is 2. The molecule has 0 saturated heterocycles. The second kappa shape index (κ2) is 11.2. The number of nitrogens with zero attached hydrogens (tertiary/aromatic N) is 2. The van der Waals surface area contributed by atoms with Gasteiger partial charge in [-0.25, -0.2) is 9.97 Å². The fourth-order valence-corrected chi connectivity index (χ4v) is 3.69. The average molecular weight is 486 g/mol. The van der Waals surface area contributed by atoms with Gasteiger partial charge in [-0.15, -0.1) is 0 Å². The Bertz CT molecular complexity index is 1130. The van der Waals surface area contributed by atoms with Crippen molar-refractivity contribution in [3.05, 3.63) is 71.3 Å². The van der Waals surface area contributed by atoms with Gasteiger partial charge in [-0.1, -0.05) is 0 Å². The number of H-pyrrole nitrogens is 2. The van der Waals surface area contributed by atoms with Gasteiger partial charge in [0.05, 0.1) is 22.8 Å². The van der Waals surface area contributed by atoms with Crippen LogP contribution in [0.1, 0.15) is 36.6 Å². The van der Waals surface area contributed by atoms with Gasteiger partial charge >= 0.3 is 63.9 Å². The zero-order chi connectivity index (χ0) is 23.0. The maximum atomic E-state index is 5.13. The molecule has 33 heavy (non-hydrogen) atoms. The standard InChI is InChI=1S/C20H14N4.C6H13O2.Co/c1-2-14-10-16-5-6-18(23-16)12-20-8-7-19(24-20)11-17-4-3-15(22-17)9-13(1)21-14;1-4-7-6(3)8-5-2;/h1-12,21,24H;6H,3-5H2,1-2H3;. The number of rotatable bonds is 5. The summed E-state index contributed by atoms with van der Waals surface area (Å²) in [7, 11) is 0. The van der Waals surface area contributed by atoms with Crippen molar-refractivity contribution in [1.29, 1.82) is 0 Å². The summed E-state index contributed by atoms with van der Waals surface area (Å²) in [4.78, 5) is 16.0. The second-order valence-electron chi connectivity index (χ2n) is 7.38. The van der Waals surface area contributed by atoms with E-state index >= 15 is 0 Å². The van der Waals surface area contributed by atoms with Gasteiger partial charge in [0.1, 0.15) is 0 Å². The molecule has 3 aromatic heterocycles. The molecule has 0 fully saturated rings. The second-order valence-corrected chi connectivity index (χ2v) is 7.81. The SMILES string of the molecule is C1=Cc2cc3ccc(cc4nc(cc5ccc(cc1n2)[nH]5)C=C4)[nH]3.CCOC([CH2][Co])OCC. The molecule has 0 atom stereocenters. The van der Waals surface area contributed by atoms with Gasteiger partial charge in [-0.05, 0) is 72.8 Å². The monoisotopic (exact) mass is 486 g/mol. The third kappa shape index (κ3) is 6.52. The summed E-state index contributed by atoms with van der Waals surface area (Å²) in [5.41, 5.74) is 7.86. The van der Waals surface area contributed by atoms with Gasteiger partial charge < -0.3 is 9.97 Å². The van der Waals surface area contributed by atoms with Crippen molar-refractivity contribution < 1.29 is 25.2 Å². The molecule has 3 aromatic rings. The van der Waals surface area contributed by atoms with Crippen LogP contribution in [0.2, 0.25) is 5.36 Å². The predicted molar refractivity (Wildman–Crippen MR) is 131 cm³/mol. The molecule has 0 unspecified atom stereocenters. The molecule has 7 heteroatoms. The fourth-order valence-electron chi connectivity index (χ4n) is 3.44. The van der Waals surface area contributed by atoms with Crippen molar-refractivity contribution in [2.75, 3.05) is 13.2 Å². The van der Waals surface area contributed by atoms with Crippen molar-refractivity contribution in [3.8, 4) is 0 Å². The van der Waals surface area contributed by atoms with E-state index in [1.54, 1.807) is 0 Å². The zero-order valence-electron chi connectivity index (χ0n) is 18.7. The molecule has 0 aliphatic carbocycles. The van der Waals surface area contributed by atoms with Gasteiger partial charge in [-0.2, -0.15) is 0 Å². The molecule has 2 aliphatic rings. The van der Waals surface area contributed by atoms with E-state index in [2.05, 4.69) is 59.9 Å². The van der Waals surface area contributed by atoms with Crippen LogP contribution in [0.4, 0.5) is 0 Å². The van der Waals surface area contributed by atoms with Crippen LogP contribution in [0.3, 0.4) is 0 Å².